The number of rotatable bonds is 4. The third kappa shape index (κ3) is 3.20. The van der Waals surface area contributed by atoms with Gasteiger partial charge >= 0.3 is 5.97 Å². The van der Waals surface area contributed by atoms with Gasteiger partial charge in [0, 0.05) is 12.0 Å². The Hall–Kier alpha value is -1.66. The molecule has 3 rings (SSSR count). The molecule has 6 heteroatoms. The summed E-state index contributed by atoms with van der Waals surface area (Å²) in [5.74, 6) is -0.260. The standard InChI is InChI=1S/C22H33NO4Si/c1-15-13-22(20(25)26-5)14-17(27-28(6,7)21(2,3)4)18(15)23(22)19(24)16-11-9-8-10-12-16/h8-12,15,17-18H,13-14H2,1-7H3/t15-,17+,18-,22+/m1/s1. The van der Waals surface area contributed by atoms with Gasteiger partial charge in [0.15, 0.2) is 8.32 Å². The molecule has 2 aliphatic heterocycles. The molecule has 2 aliphatic rings. The van der Waals surface area contributed by atoms with Gasteiger partial charge in [-0.1, -0.05) is 45.9 Å². The van der Waals surface area contributed by atoms with Gasteiger partial charge in [-0.2, -0.15) is 0 Å². The molecule has 2 heterocycles. The molecule has 0 unspecified atom stereocenters. The molecule has 154 valence electrons. The van der Waals surface area contributed by atoms with Crippen LogP contribution in [0.1, 0.15) is 50.9 Å². The Kier molecular flexibility index (Phi) is 5.26. The van der Waals surface area contributed by atoms with E-state index in [1.165, 1.54) is 7.11 Å². The lowest BCUT2D eigenvalue weighted by molar-refractivity contribution is -0.151. The fourth-order valence-electron chi connectivity index (χ4n) is 4.63. The summed E-state index contributed by atoms with van der Waals surface area (Å²) in [4.78, 5) is 28.2. The van der Waals surface area contributed by atoms with E-state index in [4.69, 9.17) is 9.16 Å². The Balaban J connectivity index is 2.01. The Morgan fingerprint density at radius 2 is 1.75 bits per heavy atom. The minimum Gasteiger partial charge on any atom is -0.467 e. The van der Waals surface area contributed by atoms with Crippen molar-refractivity contribution in [2.24, 2.45) is 5.92 Å². The molecule has 1 aromatic carbocycles. The molecule has 1 aromatic rings. The van der Waals surface area contributed by atoms with E-state index in [2.05, 4.69) is 40.8 Å². The van der Waals surface area contributed by atoms with Crippen molar-refractivity contribution in [3.63, 3.8) is 0 Å². The zero-order valence-electron chi connectivity index (χ0n) is 18.1. The molecule has 2 bridgehead atoms. The lowest BCUT2D eigenvalue weighted by Crippen LogP contribution is -2.51. The molecule has 0 spiro atoms. The second-order valence-electron chi connectivity index (χ2n) is 9.86. The molecule has 5 nitrogen and oxygen atoms in total. The molecule has 2 saturated heterocycles. The molecule has 0 radical (unpaired) electrons. The summed E-state index contributed by atoms with van der Waals surface area (Å²) in [6.07, 6.45) is 0.997. The zero-order valence-corrected chi connectivity index (χ0v) is 19.1. The van der Waals surface area contributed by atoms with Gasteiger partial charge in [0.2, 0.25) is 0 Å². The van der Waals surface area contributed by atoms with E-state index in [0.29, 0.717) is 18.4 Å². The van der Waals surface area contributed by atoms with E-state index in [9.17, 15) is 9.59 Å². The molecule has 2 fully saturated rings. The van der Waals surface area contributed by atoms with Crippen LogP contribution < -0.4 is 0 Å². The highest BCUT2D eigenvalue weighted by Gasteiger charge is 2.67. The first-order valence-corrected chi connectivity index (χ1v) is 13.0. The van der Waals surface area contributed by atoms with Gasteiger partial charge in [0.1, 0.15) is 5.54 Å². The summed E-state index contributed by atoms with van der Waals surface area (Å²) in [5, 5.41) is 0.0603. The van der Waals surface area contributed by atoms with Gasteiger partial charge in [0.25, 0.3) is 5.91 Å². The number of amides is 1. The van der Waals surface area contributed by atoms with Crippen molar-refractivity contribution >= 4 is 20.2 Å². The maximum absolute atomic E-state index is 13.5. The van der Waals surface area contributed by atoms with Crippen LogP contribution in [0.4, 0.5) is 0 Å². The second-order valence-corrected chi connectivity index (χ2v) is 14.6. The van der Waals surface area contributed by atoms with E-state index in [1.807, 2.05) is 18.2 Å². The molecular weight excluding hydrogens is 370 g/mol. The van der Waals surface area contributed by atoms with Crippen LogP contribution in [0, 0.1) is 5.92 Å². The molecule has 28 heavy (non-hydrogen) atoms. The quantitative estimate of drug-likeness (QED) is 0.557. The number of hydrogen-bond donors (Lipinski definition) is 0. The Bertz CT molecular complexity index is 758. The average Bonchev–Trinajstić information content (AvgIpc) is 3.09. The van der Waals surface area contributed by atoms with E-state index in [0.717, 1.165) is 0 Å². The normalized spacial score (nSPS) is 29.8. The summed E-state index contributed by atoms with van der Waals surface area (Å²) in [6, 6.07) is 9.09. The molecule has 0 N–H and O–H groups in total. The predicted octanol–water partition coefficient (Wildman–Crippen LogP) is 4.24. The summed E-state index contributed by atoms with van der Waals surface area (Å²) in [7, 11) is -0.644. The fourth-order valence-corrected chi connectivity index (χ4v) is 5.96. The van der Waals surface area contributed by atoms with Crippen molar-refractivity contribution < 1.29 is 18.8 Å². The first-order valence-electron chi connectivity index (χ1n) is 10.1. The summed E-state index contributed by atoms with van der Waals surface area (Å²) in [6.45, 7) is 13.2. The number of ether oxygens (including phenoxy) is 1. The lowest BCUT2D eigenvalue weighted by Gasteiger charge is -2.41. The van der Waals surface area contributed by atoms with Crippen LogP contribution in [0.2, 0.25) is 18.1 Å². The Morgan fingerprint density at radius 3 is 2.29 bits per heavy atom. The van der Waals surface area contributed by atoms with E-state index >= 15 is 0 Å². The zero-order chi connectivity index (χ0) is 20.9. The minimum atomic E-state index is -2.05. The minimum absolute atomic E-state index is 0.0603. The number of carbonyl (C=O) groups is 2. The molecule has 0 aromatic heterocycles. The number of benzene rings is 1. The number of esters is 1. The van der Waals surface area contributed by atoms with Crippen molar-refractivity contribution in [3.8, 4) is 0 Å². The van der Waals surface area contributed by atoms with Crippen molar-refractivity contribution in [3.05, 3.63) is 35.9 Å². The van der Waals surface area contributed by atoms with Crippen molar-refractivity contribution in [1.82, 2.24) is 4.90 Å². The number of fused-ring (bicyclic) bond motifs is 2. The number of nitrogens with zero attached hydrogens (tertiary/aromatic N) is 1. The molecule has 1 amide bonds. The summed E-state index contributed by atoms with van der Waals surface area (Å²) in [5.41, 5.74) is -0.332. The third-order valence-electron chi connectivity index (χ3n) is 6.98. The first-order chi connectivity index (χ1) is 12.9. The highest BCUT2D eigenvalue weighted by Crippen LogP contribution is 2.53. The molecule has 0 aliphatic carbocycles. The van der Waals surface area contributed by atoms with Gasteiger partial charge in [-0.15, -0.1) is 0 Å². The van der Waals surface area contributed by atoms with Crippen LogP contribution in [-0.4, -0.2) is 49.9 Å². The Labute approximate surface area is 169 Å². The van der Waals surface area contributed by atoms with Gasteiger partial charge in [-0.3, -0.25) is 4.79 Å². The largest absolute Gasteiger partial charge is 0.467 e. The highest BCUT2D eigenvalue weighted by molar-refractivity contribution is 6.74. The SMILES string of the molecule is COC(=O)[C@]12C[C@@H](C)[C@H]([C@@H](O[Si](C)(C)C(C)(C)C)C1)N2C(=O)c1ccccc1. The molecule has 0 saturated carbocycles. The predicted molar refractivity (Wildman–Crippen MR) is 112 cm³/mol. The first kappa shape index (κ1) is 21.1. The maximum Gasteiger partial charge on any atom is 0.331 e. The summed E-state index contributed by atoms with van der Waals surface area (Å²) >= 11 is 0. The number of methoxy groups -OCH3 is 1. The van der Waals surface area contributed by atoms with Crippen LogP contribution in [0.5, 0.6) is 0 Å². The van der Waals surface area contributed by atoms with Gasteiger partial charge < -0.3 is 14.1 Å². The highest BCUT2D eigenvalue weighted by atomic mass is 28.4. The second kappa shape index (κ2) is 6.99. The maximum atomic E-state index is 13.5. The van der Waals surface area contributed by atoms with Gasteiger partial charge in [-0.05, 0) is 42.6 Å². The van der Waals surface area contributed by atoms with Crippen molar-refractivity contribution in [2.45, 2.75) is 76.4 Å². The van der Waals surface area contributed by atoms with Crippen LogP contribution in [0.15, 0.2) is 30.3 Å². The van der Waals surface area contributed by atoms with E-state index in [-0.39, 0.29) is 35.0 Å². The van der Waals surface area contributed by atoms with Crippen LogP contribution in [-0.2, 0) is 14.0 Å². The van der Waals surface area contributed by atoms with Crippen LogP contribution in [0.25, 0.3) is 0 Å². The lowest BCUT2D eigenvalue weighted by atomic mass is 9.80. The van der Waals surface area contributed by atoms with Crippen LogP contribution >= 0.6 is 0 Å². The number of hydrogen-bond acceptors (Lipinski definition) is 4. The monoisotopic (exact) mass is 403 g/mol. The van der Waals surface area contributed by atoms with E-state index < -0.39 is 13.9 Å². The molecule has 4 atom stereocenters. The van der Waals surface area contributed by atoms with Crippen molar-refractivity contribution in [2.75, 3.05) is 7.11 Å². The van der Waals surface area contributed by atoms with Gasteiger partial charge in [0.05, 0.1) is 19.3 Å². The molecular formula is C22H33NO4Si. The smallest absolute Gasteiger partial charge is 0.331 e. The average molecular weight is 404 g/mol. The van der Waals surface area contributed by atoms with Gasteiger partial charge in [-0.25, -0.2) is 4.79 Å². The third-order valence-corrected chi connectivity index (χ3v) is 11.5. The summed E-state index contributed by atoms with van der Waals surface area (Å²) < 4.78 is 11.9. The van der Waals surface area contributed by atoms with Crippen LogP contribution in [0.3, 0.4) is 0 Å². The van der Waals surface area contributed by atoms with Crippen molar-refractivity contribution in [1.29, 1.82) is 0 Å². The van der Waals surface area contributed by atoms with E-state index in [1.54, 1.807) is 17.0 Å². The fraction of sp³-hybridized carbons (Fsp3) is 0.636. The Morgan fingerprint density at radius 1 is 1.14 bits per heavy atom. The number of carbonyl (C=O) groups excluding carboxylic acids is 2. The topological polar surface area (TPSA) is 55.8 Å².